The predicted molar refractivity (Wildman–Crippen MR) is 33.0 cm³/mol. The van der Waals surface area contributed by atoms with E-state index >= 15 is 0 Å². The normalized spacial score (nSPS) is 33.8. The molecule has 1 saturated carbocycles. The van der Waals surface area contributed by atoms with Crippen LogP contribution in [0.25, 0.3) is 0 Å². The minimum absolute atomic E-state index is 0.348. The molecule has 0 atom stereocenters. The number of hydrogen-bond donors (Lipinski definition) is 0. The van der Waals surface area contributed by atoms with Crippen LogP contribution in [0.1, 0.15) is 25.7 Å². The monoisotopic (exact) mass is 148 g/mol. The molecule has 1 aliphatic rings. The smallest absolute Gasteiger partial charge is 0.261 e. The van der Waals surface area contributed by atoms with Crippen molar-refractivity contribution in [2.24, 2.45) is 5.92 Å². The van der Waals surface area contributed by atoms with Crippen molar-refractivity contribution < 1.29 is 13.6 Å². The minimum atomic E-state index is -1.27. The van der Waals surface area contributed by atoms with Crippen LogP contribution in [0.2, 0.25) is 0 Å². The maximum absolute atomic E-state index is 12.4. The van der Waals surface area contributed by atoms with Gasteiger partial charge in [0.2, 0.25) is 0 Å². The van der Waals surface area contributed by atoms with E-state index in [1.54, 1.807) is 0 Å². The quantitative estimate of drug-likeness (QED) is 0.520. The topological polar surface area (TPSA) is 17.1 Å². The zero-order valence-electron chi connectivity index (χ0n) is 5.65. The van der Waals surface area contributed by atoms with Crippen LogP contribution in [0.15, 0.2) is 0 Å². The maximum atomic E-state index is 12.4. The van der Waals surface area contributed by atoms with Crippen molar-refractivity contribution >= 4 is 6.04 Å². The first kappa shape index (κ1) is 7.63. The zero-order valence-corrected chi connectivity index (χ0v) is 5.65. The molecule has 0 aliphatic heterocycles. The van der Waals surface area contributed by atoms with Crippen molar-refractivity contribution in [3.05, 3.63) is 0 Å². The Labute approximate surface area is 58.4 Å². The molecule has 0 unspecified atom stereocenters. The van der Waals surface area contributed by atoms with Gasteiger partial charge in [0.05, 0.1) is 5.92 Å². The summed E-state index contributed by atoms with van der Waals surface area (Å²) in [6.45, 7) is 0. The molecule has 1 rings (SSSR count). The number of rotatable bonds is 1. The van der Waals surface area contributed by atoms with Gasteiger partial charge in [0.15, 0.2) is 0 Å². The van der Waals surface area contributed by atoms with Gasteiger partial charge in [0.25, 0.3) is 0 Å². The molecule has 1 fully saturated rings. The van der Waals surface area contributed by atoms with E-state index < -0.39 is 18.1 Å². The van der Waals surface area contributed by atoms with Crippen LogP contribution in [0.4, 0.5) is 8.78 Å². The number of alkyl halides is 1. The highest BCUT2D eigenvalue weighted by atomic mass is 19.1. The highest BCUT2D eigenvalue weighted by molar-refractivity contribution is 5.70. The largest absolute Gasteiger partial charge is 0.304 e. The lowest BCUT2D eigenvalue weighted by atomic mass is 9.89. The van der Waals surface area contributed by atoms with Crippen LogP contribution in [0.5, 0.6) is 0 Å². The van der Waals surface area contributed by atoms with E-state index in [9.17, 15) is 13.6 Å². The lowest BCUT2D eigenvalue weighted by Gasteiger charge is -2.19. The van der Waals surface area contributed by atoms with Gasteiger partial charge in [-0.25, -0.2) is 4.39 Å². The number of carbonyl (C=O) groups excluding carboxylic acids is 1. The van der Waals surface area contributed by atoms with Gasteiger partial charge in [-0.15, -0.1) is 0 Å². The van der Waals surface area contributed by atoms with Gasteiger partial charge in [-0.1, -0.05) is 0 Å². The molecule has 10 heavy (non-hydrogen) atoms. The highest BCUT2D eigenvalue weighted by Crippen LogP contribution is 2.26. The van der Waals surface area contributed by atoms with Crippen LogP contribution in [-0.4, -0.2) is 12.2 Å². The third-order valence-corrected chi connectivity index (χ3v) is 1.98. The molecule has 0 aromatic heterocycles. The molecule has 0 radical (unpaired) electrons. The molecular weight excluding hydrogens is 138 g/mol. The molecule has 0 aromatic rings. The van der Waals surface area contributed by atoms with Gasteiger partial charge >= 0.3 is 6.04 Å². The summed E-state index contributed by atoms with van der Waals surface area (Å²) >= 11 is 0. The van der Waals surface area contributed by atoms with Gasteiger partial charge in [-0.3, -0.25) is 4.79 Å². The van der Waals surface area contributed by atoms with Crippen molar-refractivity contribution in [3.8, 4) is 0 Å². The van der Waals surface area contributed by atoms with E-state index in [2.05, 4.69) is 0 Å². The molecular formula is C7H10F2O. The first-order valence-corrected chi connectivity index (χ1v) is 3.53. The number of carbonyl (C=O) groups is 1. The Morgan fingerprint density at radius 2 is 1.70 bits per heavy atom. The fourth-order valence-electron chi connectivity index (χ4n) is 1.28. The van der Waals surface area contributed by atoms with Crippen LogP contribution in [-0.2, 0) is 4.79 Å². The fraction of sp³-hybridized carbons (Fsp3) is 0.857. The SMILES string of the molecule is O=C(F)C1CCC(F)CC1. The van der Waals surface area contributed by atoms with E-state index in [0.717, 1.165) is 0 Å². The first-order valence-electron chi connectivity index (χ1n) is 3.53. The van der Waals surface area contributed by atoms with Crippen molar-refractivity contribution in [2.45, 2.75) is 31.9 Å². The highest BCUT2D eigenvalue weighted by Gasteiger charge is 2.25. The average Bonchev–Trinajstić information content (AvgIpc) is 1.88. The summed E-state index contributed by atoms with van der Waals surface area (Å²) in [5.41, 5.74) is 0. The summed E-state index contributed by atoms with van der Waals surface area (Å²) in [5.74, 6) is -0.507. The second-order valence-electron chi connectivity index (χ2n) is 2.75. The fourth-order valence-corrected chi connectivity index (χ4v) is 1.28. The Balaban J connectivity index is 2.33. The third kappa shape index (κ3) is 1.75. The summed E-state index contributed by atoms with van der Waals surface area (Å²) in [5, 5.41) is 0. The summed E-state index contributed by atoms with van der Waals surface area (Å²) in [7, 11) is 0. The molecule has 58 valence electrons. The second-order valence-corrected chi connectivity index (χ2v) is 2.75. The molecule has 0 bridgehead atoms. The maximum Gasteiger partial charge on any atom is 0.304 e. The minimum Gasteiger partial charge on any atom is -0.261 e. The number of hydrogen-bond acceptors (Lipinski definition) is 1. The van der Waals surface area contributed by atoms with Gasteiger partial charge < -0.3 is 0 Å². The van der Waals surface area contributed by atoms with E-state index in [0.29, 0.717) is 25.7 Å². The summed E-state index contributed by atoms with van der Waals surface area (Å²) < 4.78 is 24.3. The van der Waals surface area contributed by atoms with Crippen LogP contribution in [0.3, 0.4) is 0 Å². The summed E-state index contributed by atoms with van der Waals surface area (Å²) in [6.07, 6.45) is 0.656. The molecule has 1 nitrogen and oxygen atoms in total. The molecule has 0 aromatic carbocycles. The van der Waals surface area contributed by atoms with Crippen molar-refractivity contribution in [1.29, 1.82) is 0 Å². The van der Waals surface area contributed by atoms with Gasteiger partial charge in [0.1, 0.15) is 6.17 Å². The van der Waals surface area contributed by atoms with E-state index in [-0.39, 0.29) is 0 Å². The van der Waals surface area contributed by atoms with E-state index in [1.165, 1.54) is 0 Å². The van der Waals surface area contributed by atoms with Crippen molar-refractivity contribution in [3.63, 3.8) is 0 Å². The molecule has 0 heterocycles. The molecule has 0 N–H and O–H groups in total. The Morgan fingerprint density at radius 3 is 2.10 bits per heavy atom. The van der Waals surface area contributed by atoms with Crippen LogP contribution in [0, 0.1) is 5.92 Å². The summed E-state index contributed by atoms with van der Waals surface area (Å²) in [6, 6.07) is -1.27. The van der Waals surface area contributed by atoms with Crippen LogP contribution >= 0.6 is 0 Å². The van der Waals surface area contributed by atoms with Gasteiger partial charge in [0, 0.05) is 0 Å². The molecule has 1 aliphatic carbocycles. The number of halogens is 2. The molecule has 0 amide bonds. The first-order chi connectivity index (χ1) is 4.70. The average molecular weight is 148 g/mol. The third-order valence-electron chi connectivity index (χ3n) is 1.98. The van der Waals surface area contributed by atoms with E-state index in [1.807, 2.05) is 0 Å². The van der Waals surface area contributed by atoms with Crippen molar-refractivity contribution in [1.82, 2.24) is 0 Å². The lowest BCUT2D eigenvalue weighted by molar-refractivity contribution is -0.134. The molecule has 0 saturated heterocycles. The van der Waals surface area contributed by atoms with Gasteiger partial charge in [-0.05, 0) is 25.7 Å². The summed E-state index contributed by atoms with van der Waals surface area (Å²) in [4.78, 5) is 10.1. The standard InChI is InChI=1S/C7H10F2O/c8-6-3-1-5(2-4-6)7(9)10/h5-6H,1-4H2. The second kappa shape index (κ2) is 3.08. The zero-order chi connectivity index (χ0) is 7.56. The molecule has 0 spiro atoms. The van der Waals surface area contributed by atoms with Gasteiger partial charge in [-0.2, -0.15) is 4.39 Å². The Kier molecular flexibility index (Phi) is 2.35. The lowest BCUT2D eigenvalue weighted by Crippen LogP contribution is -2.19. The predicted octanol–water partition coefficient (Wildman–Crippen LogP) is 2.01. The Morgan fingerprint density at radius 1 is 1.20 bits per heavy atom. The molecule has 3 heteroatoms. The Hall–Kier alpha value is -0.470. The Bertz CT molecular complexity index is 128. The van der Waals surface area contributed by atoms with Crippen molar-refractivity contribution in [2.75, 3.05) is 0 Å². The van der Waals surface area contributed by atoms with E-state index in [4.69, 9.17) is 0 Å². The van der Waals surface area contributed by atoms with Crippen LogP contribution < -0.4 is 0 Å².